The van der Waals surface area contributed by atoms with E-state index in [9.17, 15) is 14.9 Å². The lowest BCUT2D eigenvalue weighted by Crippen LogP contribution is -2.01. The fourth-order valence-corrected chi connectivity index (χ4v) is 1.52. The number of benzene rings is 1. The van der Waals surface area contributed by atoms with Crippen LogP contribution >= 0.6 is 11.6 Å². The number of aromatic amines is 1. The van der Waals surface area contributed by atoms with Gasteiger partial charge >= 0.3 is 0 Å². The van der Waals surface area contributed by atoms with E-state index < -0.39 is 4.92 Å². The lowest BCUT2D eigenvalue weighted by molar-refractivity contribution is -0.384. The third kappa shape index (κ3) is 1.69. The molecule has 0 saturated carbocycles. The van der Waals surface area contributed by atoms with Gasteiger partial charge in [0, 0.05) is 18.2 Å². The van der Waals surface area contributed by atoms with Crippen LogP contribution in [0, 0.1) is 10.1 Å². The van der Waals surface area contributed by atoms with Crippen LogP contribution in [0.4, 0.5) is 5.69 Å². The second-order valence-corrected chi connectivity index (χ2v) is 3.38. The van der Waals surface area contributed by atoms with Gasteiger partial charge in [0.25, 0.3) is 5.69 Å². The maximum atomic E-state index is 11.4. The monoisotopic (exact) mass is 224 g/mol. The second kappa shape index (κ2) is 3.36. The zero-order chi connectivity index (χ0) is 11.0. The van der Waals surface area contributed by atoms with E-state index in [1.165, 1.54) is 24.3 Å². The third-order valence-corrected chi connectivity index (χ3v) is 2.19. The summed E-state index contributed by atoms with van der Waals surface area (Å²) in [5.74, 6) is 0. The molecule has 0 aliphatic heterocycles. The molecule has 76 valence electrons. The largest absolute Gasteiger partial charge is 0.345 e. The Hall–Kier alpha value is -1.88. The molecule has 0 bridgehead atoms. The molecule has 0 atom stereocenters. The molecule has 0 saturated heterocycles. The predicted molar refractivity (Wildman–Crippen MR) is 56.2 cm³/mol. The Balaban J connectivity index is 2.83. The standard InChI is InChI=1S/C9H5ClN2O3/c10-9-4-8(13)6-3-5(12(14)15)1-2-7(6)11-9/h1-4H,(H,11,13). The van der Waals surface area contributed by atoms with E-state index in [2.05, 4.69) is 4.98 Å². The average Bonchev–Trinajstić information content (AvgIpc) is 2.16. The first-order chi connectivity index (χ1) is 7.08. The lowest BCUT2D eigenvalue weighted by Gasteiger charge is -1.98. The Morgan fingerprint density at radius 1 is 1.33 bits per heavy atom. The molecule has 1 N–H and O–H groups in total. The maximum Gasteiger partial charge on any atom is 0.270 e. The smallest absolute Gasteiger partial charge is 0.270 e. The van der Waals surface area contributed by atoms with Crippen molar-refractivity contribution in [3.63, 3.8) is 0 Å². The van der Waals surface area contributed by atoms with Crippen LogP contribution < -0.4 is 5.43 Å². The Morgan fingerprint density at radius 2 is 2.07 bits per heavy atom. The molecule has 2 rings (SSSR count). The Morgan fingerprint density at radius 3 is 2.73 bits per heavy atom. The summed E-state index contributed by atoms with van der Waals surface area (Å²) in [6.07, 6.45) is 0. The summed E-state index contributed by atoms with van der Waals surface area (Å²) >= 11 is 5.64. The highest BCUT2D eigenvalue weighted by Crippen LogP contribution is 2.17. The SMILES string of the molecule is O=c1cc(Cl)[nH]c2ccc([N+](=O)[O-])cc12. The molecule has 0 fully saturated rings. The topological polar surface area (TPSA) is 76.0 Å². The quantitative estimate of drug-likeness (QED) is 0.458. The number of H-pyrrole nitrogens is 1. The number of pyridine rings is 1. The van der Waals surface area contributed by atoms with Crippen molar-refractivity contribution in [3.05, 3.63) is 49.8 Å². The van der Waals surface area contributed by atoms with Gasteiger partial charge in [-0.15, -0.1) is 0 Å². The number of nitro groups is 1. The van der Waals surface area contributed by atoms with Gasteiger partial charge in [0.15, 0.2) is 5.43 Å². The predicted octanol–water partition coefficient (Wildman–Crippen LogP) is 2.09. The molecule has 0 amide bonds. The number of non-ortho nitro benzene ring substituents is 1. The fourth-order valence-electron chi connectivity index (χ4n) is 1.32. The van der Waals surface area contributed by atoms with Gasteiger partial charge in [-0.25, -0.2) is 0 Å². The van der Waals surface area contributed by atoms with Gasteiger partial charge in [-0.2, -0.15) is 0 Å². The van der Waals surface area contributed by atoms with Crippen LogP contribution in [0.25, 0.3) is 10.9 Å². The van der Waals surface area contributed by atoms with E-state index in [1.54, 1.807) is 0 Å². The maximum absolute atomic E-state index is 11.4. The Labute approximate surface area is 88.5 Å². The number of hydrogen-bond acceptors (Lipinski definition) is 3. The van der Waals surface area contributed by atoms with Crippen molar-refractivity contribution >= 4 is 28.2 Å². The number of aromatic nitrogens is 1. The molecule has 6 heteroatoms. The zero-order valence-electron chi connectivity index (χ0n) is 7.36. The van der Waals surface area contributed by atoms with Gasteiger partial charge in [-0.05, 0) is 6.07 Å². The van der Waals surface area contributed by atoms with E-state index in [0.717, 1.165) is 0 Å². The summed E-state index contributed by atoms with van der Waals surface area (Å²) in [5, 5.41) is 11.0. The molecular weight excluding hydrogens is 220 g/mol. The molecule has 1 aromatic heterocycles. The lowest BCUT2D eigenvalue weighted by atomic mass is 10.2. The summed E-state index contributed by atoms with van der Waals surface area (Å²) in [4.78, 5) is 24.1. The normalized spacial score (nSPS) is 10.5. The van der Waals surface area contributed by atoms with Gasteiger partial charge in [-0.3, -0.25) is 14.9 Å². The first-order valence-electron chi connectivity index (χ1n) is 4.05. The number of fused-ring (bicyclic) bond motifs is 1. The molecule has 0 radical (unpaired) electrons. The van der Waals surface area contributed by atoms with E-state index in [0.29, 0.717) is 5.52 Å². The number of halogens is 1. The highest BCUT2D eigenvalue weighted by atomic mass is 35.5. The number of rotatable bonds is 1. The average molecular weight is 225 g/mol. The molecule has 0 spiro atoms. The Bertz CT molecular complexity index is 606. The summed E-state index contributed by atoms with van der Waals surface area (Å²) in [5.41, 5.74) is 0.0332. The summed E-state index contributed by atoms with van der Waals surface area (Å²) in [6, 6.07) is 5.19. The van der Waals surface area contributed by atoms with Crippen molar-refractivity contribution in [2.24, 2.45) is 0 Å². The van der Waals surface area contributed by atoms with Crippen LogP contribution in [0.5, 0.6) is 0 Å². The van der Waals surface area contributed by atoms with Gasteiger partial charge in [-0.1, -0.05) is 11.6 Å². The van der Waals surface area contributed by atoms with E-state index in [1.807, 2.05) is 0 Å². The van der Waals surface area contributed by atoms with E-state index in [-0.39, 0.29) is 21.7 Å². The van der Waals surface area contributed by atoms with Gasteiger partial charge in [0.2, 0.25) is 0 Å². The molecule has 1 aromatic carbocycles. The van der Waals surface area contributed by atoms with E-state index in [4.69, 9.17) is 11.6 Å². The molecule has 1 heterocycles. The first kappa shape index (κ1) is 9.67. The van der Waals surface area contributed by atoms with Crippen LogP contribution in [0.15, 0.2) is 29.1 Å². The van der Waals surface area contributed by atoms with Crippen LogP contribution in [-0.2, 0) is 0 Å². The van der Waals surface area contributed by atoms with Crippen molar-refractivity contribution in [3.8, 4) is 0 Å². The summed E-state index contributed by atoms with van der Waals surface area (Å²) in [7, 11) is 0. The van der Waals surface area contributed by atoms with Gasteiger partial charge in [0.05, 0.1) is 15.8 Å². The zero-order valence-corrected chi connectivity index (χ0v) is 8.12. The highest BCUT2D eigenvalue weighted by Gasteiger charge is 2.08. The molecule has 0 unspecified atom stereocenters. The number of hydrogen-bond donors (Lipinski definition) is 1. The van der Waals surface area contributed by atoms with Crippen molar-refractivity contribution < 1.29 is 4.92 Å². The molecular formula is C9H5ClN2O3. The minimum atomic E-state index is -0.548. The molecule has 5 nitrogen and oxygen atoms in total. The molecule has 15 heavy (non-hydrogen) atoms. The van der Waals surface area contributed by atoms with E-state index >= 15 is 0 Å². The summed E-state index contributed by atoms with van der Waals surface area (Å²) in [6.45, 7) is 0. The molecule has 2 aromatic rings. The van der Waals surface area contributed by atoms with Crippen LogP contribution in [-0.4, -0.2) is 9.91 Å². The summed E-state index contributed by atoms with van der Waals surface area (Å²) < 4.78 is 0. The van der Waals surface area contributed by atoms with Crippen LogP contribution in [0.3, 0.4) is 0 Å². The third-order valence-electron chi connectivity index (χ3n) is 1.99. The molecule has 0 aliphatic rings. The van der Waals surface area contributed by atoms with Crippen molar-refractivity contribution in [1.82, 2.24) is 4.98 Å². The second-order valence-electron chi connectivity index (χ2n) is 2.97. The van der Waals surface area contributed by atoms with Gasteiger partial charge < -0.3 is 4.98 Å². The van der Waals surface area contributed by atoms with Crippen molar-refractivity contribution in [2.45, 2.75) is 0 Å². The molecule has 0 aliphatic carbocycles. The van der Waals surface area contributed by atoms with Crippen molar-refractivity contribution in [1.29, 1.82) is 0 Å². The number of nitro benzene ring substituents is 1. The Kier molecular flexibility index (Phi) is 2.17. The first-order valence-corrected chi connectivity index (χ1v) is 4.43. The van der Waals surface area contributed by atoms with Crippen LogP contribution in [0.2, 0.25) is 5.15 Å². The number of nitrogens with one attached hydrogen (secondary N) is 1. The van der Waals surface area contributed by atoms with Gasteiger partial charge in [0.1, 0.15) is 5.15 Å². The fraction of sp³-hybridized carbons (Fsp3) is 0. The minimum absolute atomic E-state index is 0.115. The highest BCUT2D eigenvalue weighted by molar-refractivity contribution is 6.29. The van der Waals surface area contributed by atoms with Crippen LogP contribution in [0.1, 0.15) is 0 Å². The number of nitrogens with zero attached hydrogens (tertiary/aromatic N) is 1. The van der Waals surface area contributed by atoms with Crippen molar-refractivity contribution in [2.75, 3.05) is 0 Å². The minimum Gasteiger partial charge on any atom is -0.345 e.